The predicted molar refractivity (Wildman–Crippen MR) is 83.2 cm³/mol. The van der Waals surface area contributed by atoms with Gasteiger partial charge >= 0.3 is 5.63 Å². The maximum atomic E-state index is 11.6. The van der Waals surface area contributed by atoms with E-state index in [1.807, 2.05) is 12.1 Å². The highest BCUT2D eigenvalue weighted by Crippen LogP contribution is 2.22. The summed E-state index contributed by atoms with van der Waals surface area (Å²) in [7, 11) is 1.46. The molecule has 0 bridgehead atoms. The molecule has 0 saturated carbocycles. The Morgan fingerprint density at radius 1 is 1.32 bits per heavy atom. The topological polar surface area (TPSA) is 68.5 Å². The highest BCUT2D eigenvalue weighted by atomic mass is 35.5. The van der Waals surface area contributed by atoms with Gasteiger partial charge in [-0.1, -0.05) is 23.7 Å². The number of methoxy groups -OCH3 is 1. The quantitative estimate of drug-likeness (QED) is 0.919. The predicted octanol–water partition coefficient (Wildman–Crippen LogP) is 2.72. The molecule has 0 fully saturated rings. The molecule has 1 N–H and O–H groups in total. The van der Waals surface area contributed by atoms with Gasteiger partial charge < -0.3 is 14.5 Å². The molecule has 0 saturated heterocycles. The lowest BCUT2D eigenvalue weighted by Crippen LogP contribution is -2.28. The maximum absolute atomic E-state index is 11.6. The third-order valence-electron chi connectivity index (χ3n) is 3.07. The Hall–Kier alpha value is -2.27. The molecule has 0 radical (unpaired) electrons. The van der Waals surface area contributed by atoms with Gasteiger partial charge in [-0.25, -0.2) is 4.79 Å². The van der Waals surface area contributed by atoms with Gasteiger partial charge in [-0.3, -0.25) is 4.79 Å². The number of benzene rings is 1. The number of carbonyl (C=O) groups is 1. The third kappa shape index (κ3) is 4.36. The van der Waals surface area contributed by atoms with E-state index in [4.69, 9.17) is 20.8 Å². The van der Waals surface area contributed by atoms with Crippen molar-refractivity contribution in [1.29, 1.82) is 0 Å². The standard InChI is InChI=1S/C16H16ClNO4/c1-10(19)18-14(7-11-3-5-12(17)6-4-11)15-8-13(21-2)9-16(20)22-15/h3-6,8-9,14H,7H2,1-2H3,(H,18,19)/t14-/m0/s1. The lowest BCUT2D eigenvalue weighted by molar-refractivity contribution is -0.119. The van der Waals surface area contributed by atoms with E-state index in [1.54, 1.807) is 18.2 Å². The van der Waals surface area contributed by atoms with E-state index < -0.39 is 11.7 Å². The number of hydrogen-bond acceptors (Lipinski definition) is 4. The molecule has 1 atom stereocenters. The van der Waals surface area contributed by atoms with Crippen LogP contribution in [0.5, 0.6) is 5.75 Å². The Kier molecular flexibility index (Phi) is 5.22. The number of rotatable bonds is 5. The van der Waals surface area contributed by atoms with Crippen LogP contribution < -0.4 is 15.7 Å². The second kappa shape index (κ2) is 7.13. The Morgan fingerprint density at radius 3 is 2.59 bits per heavy atom. The molecule has 2 rings (SSSR count). The first-order valence-corrected chi connectivity index (χ1v) is 7.06. The van der Waals surface area contributed by atoms with Crippen molar-refractivity contribution in [2.75, 3.05) is 7.11 Å². The average Bonchev–Trinajstić information content (AvgIpc) is 2.47. The van der Waals surface area contributed by atoms with Crippen molar-refractivity contribution in [3.05, 3.63) is 63.2 Å². The van der Waals surface area contributed by atoms with Crippen molar-refractivity contribution < 1.29 is 13.9 Å². The van der Waals surface area contributed by atoms with Gasteiger partial charge in [0.2, 0.25) is 5.91 Å². The van der Waals surface area contributed by atoms with Crippen molar-refractivity contribution in [2.24, 2.45) is 0 Å². The summed E-state index contributed by atoms with van der Waals surface area (Å²) in [6, 6.07) is 9.62. The normalized spacial score (nSPS) is 11.8. The second-order valence-electron chi connectivity index (χ2n) is 4.80. The SMILES string of the molecule is COc1cc([C@H](Cc2ccc(Cl)cc2)NC(C)=O)oc(=O)c1. The molecule has 0 aliphatic carbocycles. The minimum absolute atomic E-state index is 0.218. The van der Waals surface area contributed by atoms with Crippen LogP contribution >= 0.6 is 11.6 Å². The molecule has 1 aromatic heterocycles. The van der Waals surface area contributed by atoms with Crippen LogP contribution in [0.1, 0.15) is 24.3 Å². The van der Waals surface area contributed by atoms with E-state index in [1.165, 1.54) is 20.1 Å². The molecule has 0 aliphatic rings. The van der Waals surface area contributed by atoms with E-state index in [2.05, 4.69) is 5.32 Å². The van der Waals surface area contributed by atoms with Crippen LogP contribution in [0.4, 0.5) is 0 Å². The summed E-state index contributed by atoms with van der Waals surface area (Å²) in [6.07, 6.45) is 0.465. The fourth-order valence-electron chi connectivity index (χ4n) is 2.09. The second-order valence-corrected chi connectivity index (χ2v) is 5.24. The van der Waals surface area contributed by atoms with Gasteiger partial charge in [0.05, 0.1) is 19.2 Å². The molecule has 22 heavy (non-hydrogen) atoms. The largest absolute Gasteiger partial charge is 0.496 e. The first-order chi connectivity index (χ1) is 10.5. The smallest absolute Gasteiger partial charge is 0.339 e. The van der Waals surface area contributed by atoms with Crippen LogP contribution in [0, 0.1) is 0 Å². The summed E-state index contributed by atoms with van der Waals surface area (Å²) in [5.74, 6) is 0.511. The number of halogens is 1. The number of amides is 1. The monoisotopic (exact) mass is 321 g/mol. The maximum Gasteiger partial charge on any atom is 0.339 e. The van der Waals surface area contributed by atoms with Gasteiger partial charge in [-0.05, 0) is 24.1 Å². The zero-order valence-electron chi connectivity index (χ0n) is 12.3. The lowest BCUT2D eigenvalue weighted by Gasteiger charge is -2.17. The number of carbonyl (C=O) groups excluding carboxylic acids is 1. The molecular weight excluding hydrogens is 306 g/mol. The first-order valence-electron chi connectivity index (χ1n) is 6.68. The zero-order chi connectivity index (χ0) is 16.1. The third-order valence-corrected chi connectivity index (χ3v) is 3.32. The van der Waals surface area contributed by atoms with E-state index in [-0.39, 0.29) is 5.91 Å². The van der Waals surface area contributed by atoms with Crippen molar-refractivity contribution >= 4 is 17.5 Å². The minimum atomic E-state index is -0.527. The zero-order valence-corrected chi connectivity index (χ0v) is 13.0. The fraction of sp³-hybridized carbons (Fsp3) is 0.250. The van der Waals surface area contributed by atoms with Gasteiger partial charge in [-0.15, -0.1) is 0 Å². The van der Waals surface area contributed by atoms with E-state index in [0.29, 0.717) is 23.0 Å². The van der Waals surface area contributed by atoms with Crippen LogP contribution in [0.3, 0.4) is 0 Å². The molecule has 5 nitrogen and oxygen atoms in total. The lowest BCUT2D eigenvalue weighted by atomic mass is 10.0. The summed E-state index contributed by atoms with van der Waals surface area (Å²) in [4.78, 5) is 23.0. The molecule has 0 spiro atoms. The molecule has 1 heterocycles. The van der Waals surface area contributed by atoms with E-state index in [9.17, 15) is 9.59 Å². The molecule has 0 unspecified atom stereocenters. The highest BCUT2D eigenvalue weighted by molar-refractivity contribution is 6.30. The summed E-state index contributed by atoms with van der Waals surface area (Å²) < 4.78 is 10.3. The Bertz CT molecular complexity index is 709. The van der Waals surface area contributed by atoms with E-state index >= 15 is 0 Å². The van der Waals surface area contributed by atoms with Gasteiger partial charge in [-0.2, -0.15) is 0 Å². The van der Waals surface area contributed by atoms with Gasteiger partial charge in [0.15, 0.2) is 0 Å². The summed E-state index contributed by atoms with van der Waals surface area (Å²) >= 11 is 5.86. The Morgan fingerprint density at radius 2 is 2.00 bits per heavy atom. The van der Waals surface area contributed by atoms with Gasteiger partial charge in [0.1, 0.15) is 11.5 Å². The van der Waals surface area contributed by atoms with Crippen molar-refractivity contribution in [3.8, 4) is 5.75 Å². The molecule has 1 amide bonds. The minimum Gasteiger partial charge on any atom is -0.496 e. The molecule has 6 heteroatoms. The van der Waals surface area contributed by atoms with Crippen LogP contribution in [0.2, 0.25) is 5.02 Å². The van der Waals surface area contributed by atoms with Crippen molar-refractivity contribution in [2.45, 2.75) is 19.4 Å². The van der Waals surface area contributed by atoms with E-state index in [0.717, 1.165) is 5.56 Å². The molecule has 116 valence electrons. The molecule has 0 aliphatic heterocycles. The van der Waals surface area contributed by atoms with Crippen LogP contribution in [0.15, 0.2) is 45.6 Å². The van der Waals surface area contributed by atoms with Gasteiger partial charge in [0.25, 0.3) is 0 Å². The number of nitrogens with one attached hydrogen (secondary N) is 1. The Balaban J connectivity index is 2.33. The van der Waals surface area contributed by atoms with Crippen LogP contribution in [-0.2, 0) is 11.2 Å². The molecule has 1 aromatic carbocycles. The highest BCUT2D eigenvalue weighted by Gasteiger charge is 2.18. The summed E-state index contributed by atoms with van der Waals surface area (Å²) in [6.45, 7) is 1.41. The molecule has 2 aromatic rings. The average molecular weight is 322 g/mol. The van der Waals surface area contributed by atoms with Crippen LogP contribution in [0.25, 0.3) is 0 Å². The first kappa shape index (κ1) is 16.1. The fourth-order valence-corrected chi connectivity index (χ4v) is 2.21. The summed E-state index contributed by atoms with van der Waals surface area (Å²) in [5.41, 5.74) is 0.425. The van der Waals surface area contributed by atoms with Gasteiger partial charge in [0, 0.05) is 18.0 Å². The van der Waals surface area contributed by atoms with Crippen molar-refractivity contribution in [1.82, 2.24) is 5.32 Å². The van der Waals surface area contributed by atoms with Crippen molar-refractivity contribution in [3.63, 3.8) is 0 Å². The Labute approximate surface area is 132 Å². The summed E-state index contributed by atoms with van der Waals surface area (Å²) in [5, 5.41) is 3.41. The van der Waals surface area contributed by atoms with Crippen LogP contribution in [-0.4, -0.2) is 13.0 Å². The molecular formula is C16H16ClNO4. The number of hydrogen-bond donors (Lipinski definition) is 1. The number of ether oxygens (including phenoxy) is 1.